The zero-order valence-corrected chi connectivity index (χ0v) is 17.8. The molecule has 146 valence electrons. The molecule has 0 spiro atoms. The average Bonchev–Trinajstić information content (AvgIpc) is 3.39. The van der Waals surface area contributed by atoms with Crippen LogP contribution in [0.4, 0.5) is 0 Å². The molecule has 4 atom stereocenters. The lowest BCUT2D eigenvalue weighted by atomic mass is 9.95. The maximum Gasteiger partial charge on any atom is 0.349 e. The maximum absolute atomic E-state index is 13.5. The van der Waals surface area contributed by atoms with Crippen molar-refractivity contribution in [2.24, 2.45) is 0 Å². The summed E-state index contributed by atoms with van der Waals surface area (Å²) in [6.07, 6.45) is 0.875. The number of rotatable bonds is 4. The minimum atomic E-state index is -2.63. The molecule has 0 aromatic carbocycles. The molecule has 1 N–H and O–H groups in total. The SMILES string of the molecule is [2H]c1sc(C(O)(C(=O)OC2CC3C4OC4C(C2)[N+]3(C)C)c2sc([2H])c([2H])c2[2H])c([2H])c1[2H].[Br-]. The Labute approximate surface area is 185 Å². The number of carbonyl (C=O) groups excluding carboxylic acids is 1. The lowest BCUT2D eigenvalue weighted by Crippen LogP contribution is -3.00. The Balaban J connectivity index is 0.00000259. The largest absolute Gasteiger partial charge is 1.00 e. The Bertz CT molecular complexity index is 1070. The number of hydrogen-bond donors (Lipinski definition) is 1. The van der Waals surface area contributed by atoms with Gasteiger partial charge in [-0.3, -0.25) is 0 Å². The summed E-state index contributed by atoms with van der Waals surface area (Å²) in [7, 11) is 4.26. The van der Waals surface area contributed by atoms with E-state index >= 15 is 0 Å². The van der Waals surface area contributed by atoms with E-state index in [9.17, 15) is 9.90 Å². The van der Waals surface area contributed by atoms with E-state index in [-0.39, 0.29) is 61.7 Å². The summed E-state index contributed by atoms with van der Waals surface area (Å²) in [6, 6.07) is -1.56. The first-order valence-corrected chi connectivity index (χ1v) is 10.1. The summed E-state index contributed by atoms with van der Waals surface area (Å²) in [6.45, 7) is 0. The third-order valence-electron chi connectivity index (χ3n) is 6.02. The van der Waals surface area contributed by atoms with Crippen molar-refractivity contribution in [3.63, 3.8) is 0 Å². The molecule has 3 saturated heterocycles. The molecular formula is C19H22BrNO4S2. The van der Waals surface area contributed by atoms with Gasteiger partial charge in [-0.1, -0.05) is 12.1 Å². The lowest BCUT2D eigenvalue weighted by molar-refractivity contribution is -0.938. The highest BCUT2D eigenvalue weighted by Gasteiger charge is 2.71. The molecule has 2 aromatic heterocycles. The number of esters is 1. The van der Waals surface area contributed by atoms with Gasteiger partial charge < -0.3 is 36.0 Å². The van der Waals surface area contributed by atoms with Crippen LogP contribution in [0.5, 0.6) is 0 Å². The first-order chi connectivity index (χ1) is 14.9. The highest BCUT2D eigenvalue weighted by molar-refractivity contribution is 7.12. The fraction of sp³-hybridized carbons (Fsp3) is 0.526. The van der Waals surface area contributed by atoms with Gasteiger partial charge in [-0.25, -0.2) is 4.79 Å². The second-order valence-corrected chi connectivity index (χ2v) is 9.24. The Morgan fingerprint density at radius 1 is 1.22 bits per heavy atom. The van der Waals surface area contributed by atoms with E-state index in [0.29, 0.717) is 35.5 Å². The van der Waals surface area contributed by atoms with Crippen LogP contribution in [0.25, 0.3) is 0 Å². The van der Waals surface area contributed by atoms with Gasteiger partial charge in [0.05, 0.1) is 32.1 Å². The molecule has 0 saturated carbocycles. The molecule has 2 bridgehead atoms. The number of thiophene rings is 2. The molecule has 8 heteroatoms. The number of quaternary nitrogens is 1. The minimum Gasteiger partial charge on any atom is -1.00 e. The molecule has 5 rings (SSSR count). The van der Waals surface area contributed by atoms with Gasteiger partial charge in [-0.2, -0.15) is 0 Å². The highest BCUT2D eigenvalue weighted by atomic mass is 79.9. The number of halogens is 1. The van der Waals surface area contributed by atoms with E-state index in [2.05, 4.69) is 14.1 Å². The predicted molar refractivity (Wildman–Crippen MR) is 99.1 cm³/mol. The van der Waals surface area contributed by atoms with E-state index in [1.165, 1.54) is 0 Å². The molecule has 5 heterocycles. The summed E-state index contributed by atoms with van der Waals surface area (Å²) in [4.78, 5) is 12.9. The van der Waals surface area contributed by atoms with Gasteiger partial charge >= 0.3 is 5.97 Å². The molecule has 2 aromatic rings. The molecule has 4 unspecified atom stereocenters. The smallest absolute Gasteiger partial charge is 0.349 e. The topological polar surface area (TPSA) is 59.1 Å². The summed E-state index contributed by atoms with van der Waals surface area (Å²) in [5.41, 5.74) is -2.63. The van der Waals surface area contributed by atoms with Crippen molar-refractivity contribution >= 4 is 28.6 Å². The number of morpholine rings is 1. The van der Waals surface area contributed by atoms with Crippen molar-refractivity contribution in [3.05, 3.63) is 44.6 Å². The summed E-state index contributed by atoms with van der Waals surface area (Å²) in [5, 5.41) is 11.0. The number of likely N-dealkylation sites (N-methyl/N-ethyl adjacent to an activating group) is 1. The summed E-state index contributed by atoms with van der Waals surface area (Å²) in [5.74, 6) is -1.10. The number of ether oxygens (including phenoxy) is 2. The third-order valence-corrected chi connectivity index (χ3v) is 7.64. The first-order valence-electron chi connectivity index (χ1n) is 11.4. The molecule has 3 aliphatic heterocycles. The quantitative estimate of drug-likeness (QED) is 0.361. The van der Waals surface area contributed by atoms with Crippen LogP contribution >= 0.6 is 22.7 Å². The van der Waals surface area contributed by atoms with Crippen LogP contribution in [0.1, 0.15) is 30.8 Å². The van der Waals surface area contributed by atoms with Crippen molar-refractivity contribution in [2.75, 3.05) is 14.1 Å². The molecule has 0 aliphatic carbocycles. The van der Waals surface area contributed by atoms with E-state index in [1.54, 1.807) is 0 Å². The van der Waals surface area contributed by atoms with Gasteiger partial charge in [0.2, 0.25) is 5.60 Å². The molecule has 0 amide bonds. The van der Waals surface area contributed by atoms with Gasteiger partial charge in [-0.05, 0) is 22.8 Å². The Hall–Kier alpha value is -0.770. The van der Waals surface area contributed by atoms with Crippen LogP contribution in [-0.4, -0.2) is 60.0 Å². The minimum absolute atomic E-state index is 0. The van der Waals surface area contributed by atoms with Crippen molar-refractivity contribution in [3.8, 4) is 0 Å². The zero-order valence-electron chi connectivity index (χ0n) is 20.6. The summed E-state index contributed by atoms with van der Waals surface area (Å²) >= 11 is 1.19. The van der Waals surface area contributed by atoms with Gasteiger partial charge in [0, 0.05) is 12.8 Å². The van der Waals surface area contributed by atoms with E-state index < -0.39 is 41.8 Å². The summed E-state index contributed by atoms with van der Waals surface area (Å²) < 4.78 is 60.1. The van der Waals surface area contributed by atoms with Crippen LogP contribution in [0.2, 0.25) is 0 Å². The van der Waals surface area contributed by atoms with Crippen LogP contribution in [0.3, 0.4) is 0 Å². The monoisotopic (exact) mass is 477 g/mol. The van der Waals surface area contributed by atoms with Gasteiger partial charge in [0.15, 0.2) is 0 Å². The third kappa shape index (κ3) is 2.84. The number of fused-ring (bicyclic) bond motifs is 5. The maximum atomic E-state index is 13.5. The molecule has 27 heavy (non-hydrogen) atoms. The van der Waals surface area contributed by atoms with E-state index in [0.717, 1.165) is 4.48 Å². The van der Waals surface area contributed by atoms with E-state index in [4.69, 9.17) is 17.7 Å². The molecule has 3 aliphatic rings. The van der Waals surface area contributed by atoms with Crippen LogP contribution in [0, 0.1) is 0 Å². The molecular weight excluding hydrogens is 450 g/mol. The van der Waals surface area contributed by atoms with Gasteiger partial charge in [-0.15, -0.1) is 22.7 Å². The van der Waals surface area contributed by atoms with E-state index in [1.807, 2.05) is 0 Å². The fourth-order valence-electron chi connectivity index (χ4n) is 4.52. The second kappa shape index (κ2) is 6.64. The number of nitrogens with zero attached hydrogens (tertiary/aromatic N) is 1. The highest BCUT2D eigenvalue weighted by Crippen LogP contribution is 2.52. The normalized spacial score (nSPS) is 36.2. The molecule has 0 radical (unpaired) electrons. The average molecular weight is 478 g/mol. The molecule has 5 nitrogen and oxygen atoms in total. The van der Waals surface area contributed by atoms with Gasteiger partial charge in [0.25, 0.3) is 0 Å². The number of epoxide rings is 1. The Morgan fingerprint density at radius 2 is 1.74 bits per heavy atom. The molecule has 3 fully saturated rings. The lowest BCUT2D eigenvalue weighted by Gasteiger charge is -2.45. The predicted octanol–water partition coefficient (Wildman–Crippen LogP) is -0.650. The van der Waals surface area contributed by atoms with Crippen molar-refractivity contribution in [1.82, 2.24) is 0 Å². The number of aliphatic hydroxyl groups is 1. The van der Waals surface area contributed by atoms with Crippen molar-refractivity contribution in [1.29, 1.82) is 0 Å². The van der Waals surface area contributed by atoms with Crippen molar-refractivity contribution < 1.29 is 49.1 Å². The van der Waals surface area contributed by atoms with Crippen LogP contribution in [-0.2, 0) is 19.9 Å². The number of carbonyl (C=O) groups is 1. The van der Waals surface area contributed by atoms with Crippen LogP contribution < -0.4 is 17.0 Å². The van der Waals surface area contributed by atoms with Crippen LogP contribution in [0.15, 0.2) is 34.9 Å². The standard InChI is InChI=1S/C19H22NO4S2.BrH/c1-20(2)12-9-11(10-13(20)17-16(12)24-17)23-18(21)19(22,14-5-3-7-25-14)15-6-4-8-26-15;/h3-8,11-13,16-17,22H,9-10H2,1-2H3;1H/q+1;/p-1/i3D,4D,5D,6D,7D,8D;. The number of hydrogen-bond acceptors (Lipinski definition) is 6. The first kappa shape index (κ1) is 13.5. The second-order valence-electron chi connectivity index (χ2n) is 7.60. The fourth-order valence-corrected chi connectivity index (χ4v) is 5.87. The zero-order chi connectivity index (χ0) is 23.3. The van der Waals surface area contributed by atoms with Gasteiger partial charge in [0.1, 0.15) is 30.4 Å². The number of piperidine rings is 1. The Kier molecular flexibility index (Phi) is 3.31. The van der Waals surface area contributed by atoms with Crippen molar-refractivity contribution in [2.45, 2.75) is 48.8 Å². The Morgan fingerprint density at radius 3 is 2.19 bits per heavy atom.